The molecule has 2 aliphatic rings. The molecular formula is C20H30N4O3. The summed E-state index contributed by atoms with van der Waals surface area (Å²) in [4.78, 5) is 35.5. The molecule has 1 aromatic rings. The van der Waals surface area contributed by atoms with Gasteiger partial charge in [-0.25, -0.2) is 0 Å². The molecule has 2 saturated heterocycles. The molecule has 3 heterocycles. The Kier molecular flexibility index (Phi) is 7.18. The Labute approximate surface area is 161 Å². The number of carbonyl (C=O) groups excluding carboxylic acids is 2. The molecule has 1 aromatic heterocycles. The number of nitrogens with zero attached hydrogens (tertiary/aromatic N) is 4. The summed E-state index contributed by atoms with van der Waals surface area (Å²) in [6.45, 7) is 8.70. The number of carbonyl (C=O) groups is 2. The highest BCUT2D eigenvalue weighted by Crippen LogP contribution is 2.21. The molecule has 0 saturated carbocycles. The average molecular weight is 374 g/mol. The van der Waals surface area contributed by atoms with Crippen LogP contribution in [0.15, 0.2) is 24.5 Å². The van der Waals surface area contributed by atoms with Gasteiger partial charge in [-0.1, -0.05) is 0 Å². The largest absolute Gasteiger partial charge is 0.379 e. The number of pyridine rings is 1. The number of amides is 2. The van der Waals surface area contributed by atoms with E-state index in [1.165, 1.54) is 0 Å². The molecule has 1 atom stereocenters. The van der Waals surface area contributed by atoms with E-state index in [1.54, 1.807) is 12.4 Å². The molecule has 0 spiro atoms. The summed E-state index contributed by atoms with van der Waals surface area (Å²) >= 11 is 0. The Morgan fingerprint density at radius 3 is 2.70 bits per heavy atom. The van der Waals surface area contributed by atoms with Crippen molar-refractivity contribution in [1.82, 2.24) is 19.7 Å². The molecule has 2 fully saturated rings. The first kappa shape index (κ1) is 19.8. The third-order valence-electron chi connectivity index (χ3n) is 5.46. The van der Waals surface area contributed by atoms with Crippen LogP contribution in [-0.2, 0) is 20.9 Å². The zero-order chi connectivity index (χ0) is 19.1. The van der Waals surface area contributed by atoms with Crippen molar-refractivity contribution in [2.45, 2.75) is 26.3 Å². The molecule has 7 nitrogen and oxygen atoms in total. The van der Waals surface area contributed by atoms with Crippen molar-refractivity contribution in [1.29, 1.82) is 0 Å². The summed E-state index contributed by atoms with van der Waals surface area (Å²) in [6, 6.07) is 3.88. The van der Waals surface area contributed by atoms with E-state index < -0.39 is 0 Å². The van der Waals surface area contributed by atoms with Crippen LogP contribution in [0.2, 0.25) is 0 Å². The summed E-state index contributed by atoms with van der Waals surface area (Å²) in [5.74, 6) is 0.219. The first-order chi connectivity index (χ1) is 13.2. The van der Waals surface area contributed by atoms with Gasteiger partial charge in [0.05, 0.1) is 19.1 Å². The predicted octanol–water partition coefficient (Wildman–Crippen LogP) is 1.00. The predicted molar refractivity (Wildman–Crippen MR) is 102 cm³/mol. The summed E-state index contributed by atoms with van der Waals surface area (Å²) in [7, 11) is 0. The average Bonchev–Trinajstić information content (AvgIpc) is 2.72. The van der Waals surface area contributed by atoms with Gasteiger partial charge in [0.25, 0.3) is 0 Å². The van der Waals surface area contributed by atoms with E-state index in [0.717, 1.165) is 38.4 Å². The fourth-order valence-electron chi connectivity index (χ4n) is 3.73. The molecule has 2 amide bonds. The van der Waals surface area contributed by atoms with Gasteiger partial charge in [-0.15, -0.1) is 0 Å². The van der Waals surface area contributed by atoms with Crippen molar-refractivity contribution in [2.75, 3.05) is 52.5 Å². The second-order valence-electron chi connectivity index (χ2n) is 7.24. The van der Waals surface area contributed by atoms with Crippen LogP contribution in [0.3, 0.4) is 0 Å². The summed E-state index contributed by atoms with van der Waals surface area (Å²) in [5, 5.41) is 0. The van der Waals surface area contributed by atoms with Crippen LogP contribution in [0.1, 0.15) is 25.3 Å². The minimum absolute atomic E-state index is 0.103. The lowest BCUT2D eigenvalue weighted by atomic mass is 9.95. The Morgan fingerprint density at radius 1 is 1.26 bits per heavy atom. The fraction of sp³-hybridized carbons (Fsp3) is 0.650. The highest BCUT2D eigenvalue weighted by molar-refractivity contribution is 5.83. The van der Waals surface area contributed by atoms with E-state index in [-0.39, 0.29) is 17.7 Å². The Morgan fingerprint density at radius 2 is 2.00 bits per heavy atom. The summed E-state index contributed by atoms with van der Waals surface area (Å²) in [6.07, 6.45) is 4.62. The third kappa shape index (κ3) is 5.49. The topological polar surface area (TPSA) is 66.0 Å². The molecule has 2 aliphatic heterocycles. The highest BCUT2D eigenvalue weighted by atomic mass is 16.5. The highest BCUT2D eigenvalue weighted by Gasteiger charge is 2.32. The monoisotopic (exact) mass is 374 g/mol. The lowest BCUT2D eigenvalue weighted by Gasteiger charge is -2.36. The number of likely N-dealkylation sites (tertiary alicyclic amines) is 1. The molecule has 0 aromatic carbocycles. The zero-order valence-electron chi connectivity index (χ0n) is 16.2. The van der Waals surface area contributed by atoms with Gasteiger partial charge in [0.15, 0.2) is 0 Å². The molecule has 0 aliphatic carbocycles. The van der Waals surface area contributed by atoms with Gasteiger partial charge in [-0.05, 0) is 31.0 Å². The maximum absolute atomic E-state index is 13.0. The number of piperidine rings is 1. The Bertz CT molecular complexity index is 619. The van der Waals surface area contributed by atoms with Crippen LogP contribution >= 0.6 is 0 Å². The van der Waals surface area contributed by atoms with Gasteiger partial charge in [-0.2, -0.15) is 0 Å². The lowest BCUT2D eigenvalue weighted by molar-refractivity contribution is -0.143. The van der Waals surface area contributed by atoms with E-state index in [0.29, 0.717) is 39.0 Å². The standard InChI is InChI=1S/C20H30N4O3/c1-2-23(15-17-5-7-21-8-6-17)20(26)18-3-4-19(25)24(16-18)10-9-22-11-13-27-14-12-22/h5-8,18H,2-4,9-16H2,1H3/t18-/m1/s1. The minimum atomic E-state index is -0.103. The van der Waals surface area contributed by atoms with Gasteiger partial charge in [-0.3, -0.25) is 19.5 Å². The number of hydrogen-bond donors (Lipinski definition) is 0. The van der Waals surface area contributed by atoms with E-state index >= 15 is 0 Å². The zero-order valence-corrected chi connectivity index (χ0v) is 16.2. The van der Waals surface area contributed by atoms with Gasteiger partial charge < -0.3 is 14.5 Å². The SMILES string of the molecule is CCN(Cc1ccncc1)C(=O)[C@@H]1CCC(=O)N(CCN2CCOCC2)C1. The van der Waals surface area contributed by atoms with Crippen LogP contribution in [0.5, 0.6) is 0 Å². The van der Waals surface area contributed by atoms with E-state index in [2.05, 4.69) is 9.88 Å². The fourth-order valence-corrected chi connectivity index (χ4v) is 3.73. The maximum Gasteiger partial charge on any atom is 0.227 e. The number of aromatic nitrogens is 1. The minimum Gasteiger partial charge on any atom is -0.379 e. The molecule has 3 rings (SSSR count). The van der Waals surface area contributed by atoms with Crippen LogP contribution < -0.4 is 0 Å². The van der Waals surface area contributed by atoms with Crippen molar-refractivity contribution in [3.8, 4) is 0 Å². The van der Waals surface area contributed by atoms with Crippen molar-refractivity contribution in [3.63, 3.8) is 0 Å². The smallest absolute Gasteiger partial charge is 0.227 e. The van der Waals surface area contributed by atoms with Crippen LogP contribution in [0.25, 0.3) is 0 Å². The van der Waals surface area contributed by atoms with Crippen LogP contribution in [0.4, 0.5) is 0 Å². The van der Waals surface area contributed by atoms with Crippen molar-refractivity contribution in [3.05, 3.63) is 30.1 Å². The quantitative estimate of drug-likeness (QED) is 0.712. The van der Waals surface area contributed by atoms with Crippen molar-refractivity contribution >= 4 is 11.8 Å². The van der Waals surface area contributed by atoms with Crippen molar-refractivity contribution in [2.24, 2.45) is 5.92 Å². The van der Waals surface area contributed by atoms with E-state index in [4.69, 9.17) is 4.74 Å². The first-order valence-electron chi connectivity index (χ1n) is 9.93. The molecule has 0 bridgehead atoms. The van der Waals surface area contributed by atoms with Gasteiger partial charge in [0.2, 0.25) is 11.8 Å². The second-order valence-corrected chi connectivity index (χ2v) is 7.24. The second kappa shape index (κ2) is 9.80. The molecule has 0 N–H and O–H groups in total. The van der Waals surface area contributed by atoms with Crippen molar-refractivity contribution < 1.29 is 14.3 Å². The molecule has 148 valence electrons. The Balaban J connectivity index is 1.54. The van der Waals surface area contributed by atoms with Crippen LogP contribution in [0, 0.1) is 5.92 Å². The summed E-state index contributed by atoms with van der Waals surface area (Å²) in [5.41, 5.74) is 1.08. The van der Waals surface area contributed by atoms with Gasteiger partial charge in [0, 0.05) is 64.6 Å². The van der Waals surface area contributed by atoms with Crippen LogP contribution in [-0.4, -0.2) is 84.0 Å². The number of hydrogen-bond acceptors (Lipinski definition) is 5. The van der Waals surface area contributed by atoms with E-state index in [1.807, 2.05) is 28.9 Å². The van der Waals surface area contributed by atoms with E-state index in [9.17, 15) is 9.59 Å². The molecule has 0 radical (unpaired) electrons. The molecule has 7 heteroatoms. The molecule has 0 unspecified atom stereocenters. The normalized spacial score (nSPS) is 21.3. The number of ether oxygens (including phenoxy) is 1. The lowest BCUT2D eigenvalue weighted by Crippen LogP contribution is -2.49. The third-order valence-corrected chi connectivity index (χ3v) is 5.46. The molecule has 27 heavy (non-hydrogen) atoms. The molecular weight excluding hydrogens is 344 g/mol. The number of rotatable bonds is 7. The number of morpholine rings is 1. The van der Waals surface area contributed by atoms with Gasteiger partial charge in [0.1, 0.15) is 0 Å². The van der Waals surface area contributed by atoms with Gasteiger partial charge >= 0.3 is 0 Å². The maximum atomic E-state index is 13.0. The first-order valence-corrected chi connectivity index (χ1v) is 9.93. The Hall–Kier alpha value is -1.99. The summed E-state index contributed by atoms with van der Waals surface area (Å²) < 4.78 is 5.37.